The van der Waals surface area contributed by atoms with Gasteiger partial charge in [-0.25, -0.2) is 0 Å². The van der Waals surface area contributed by atoms with Gasteiger partial charge in [-0.1, -0.05) is 0 Å². The zero-order chi connectivity index (χ0) is 11.3. The number of ether oxygens (including phenoxy) is 1. The van der Waals surface area contributed by atoms with Gasteiger partial charge >= 0.3 is 0 Å². The first-order chi connectivity index (χ1) is 7.17. The van der Waals surface area contributed by atoms with E-state index in [-0.39, 0.29) is 0 Å². The molecule has 0 aliphatic rings. The molecule has 0 unspecified atom stereocenters. The van der Waals surface area contributed by atoms with Crippen LogP contribution in [0.3, 0.4) is 0 Å². The fraction of sp³-hybridized carbons (Fsp3) is 0.364. The SMILES string of the molecule is COc1cc(N)cc(N(C)CCC#N)c1. The van der Waals surface area contributed by atoms with Crippen molar-refractivity contribution in [1.82, 2.24) is 0 Å². The number of nitriles is 1. The zero-order valence-corrected chi connectivity index (χ0v) is 9.03. The first kappa shape index (κ1) is 11.2. The highest BCUT2D eigenvalue weighted by Crippen LogP contribution is 2.24. The van der Waals surface area contributed by atoms with Crippen LogP contribution in [0.5, 0.6) is 5.75 Å². The van der Waals surface area contributed by atoms with Crippen LogP contribution in [-0.4, -0.2) is 20.7 Å². The van der Waals surface area contributed by atoms with Crippen molar-refractivity contribution >= 4 is 11.4 Å². The van der Waals surface area contributed by atoms with Gasteiger partial charge in [0.05, 0.1) is 19.6 Å². The summed E-state index contributed by atoms with van der Waals surface area (Å²) >= 11 is 0. The molecule has 0 atom stereocenters. The minimum atomic E-state index is 0.494. The monoisotopic (exact) mass is 205 g/mol. The van der Waals surface area contributed by atoms with E-state index >= 15 is 0 Å². The Hall–Kier alpha value is -1.89. The Morgan fingerprint density at radius 2 is 2.20 bits per heavy atom. The van der Waals surface area contributed by atoms with Gasteiger partial charge < -0.3 is 15.4 Å². The van der Waals surface area contributed by atoms with E-state index in [0.717, 1.165) is 11.4 Å². The fourth-order valence-corrected chi connectivity index (χ4v) is 1.29. The normalized spacial score (nSPS) is 9.40. The highest BCUT2D eigenvalue weighted by molar-refractivity contribution is 5.60. The largest absolute Gasteiger partial charge is 0.497 e. The van der Waals surface area contributed by atoms with Gasteiger partial charge in [0.25, 0.3) is 0 Å². The van der Waals surface area contributed by atoms with Crippen molar-refractivity contribution in [3.8, 4) is 11.8 Å². The van der Waals surface area contributed by atoms with Crippen molar-refractivity contribution in [2.75, 3.05) is 31.3 Å². The third-order valence-corrected chi connectivity index (χ3v) is 2.15. The molecule has 0 spiro atoms. The molecule has 0 aromatic heterocycles. The molecule has 4 heteroatoms. The predicted molar refractivity (Wildman–Crippen MR) is 60.9 cm³/mol. The third kappa shape index (κ3) is 3.06. The molecule has 80 valence electrons. The second-order valence-corrected chi connectivity index (χ2v) is 3.29. The van der Waals surface area contributed by atoms with Crippen molar-refractivity contribution in [2.24, 2.45) is 0 Å². The van der Waals surface area contributed by atoms with Crippen LogP contribution in [-0.2, 0) is 0 Å². The highest BCUT2D eigenvalue weighted by atomic mass is 16.5. The number of methoxy groups -OCH3 is 1. The van der Waals surface area contributed by atoms with E-state index < -0.39 is 0 Å². The van der Waals surface area contributed by atoms with E-state index in [1.165, 1.54) is 0 Å². The highest BCUT2D eigenvalue weighted by Gasteiger charge is 2.03. The molecule has 0 amide bonds. The van der Waals surface area contributed by atoms with Crippen LogP contribution in [0.25, 0.3) is 0 Å². The Labute approximate surface area is 89.9 Å². The van der Waals surface area contributed by atoms with Crippen LogP contribution in [0.15, 0.2) is 18.2 Å². The quantitative estimate of drug-likeness (QED) is 0.759. The maximum absolute atomic E-state index is 8.49. The van der Waals surface area contributed by atoms with Gasteiger partial charge in [0.1, 0.15) is 5.75 Å². The Bertz CT molecular complexity index is 371. The van der Waals surface area contributed by atoms with Gasteiger partial charge in [0.15, 0.2) is 0 Å². The fourth-order valence-electron chi connectivity index (χ4n) is 1.29. The van der Waals surface area contributed by atoms with E-state index in [4.69, 9.17) is 15.7 Å². The van der Waals surface area contributed by atoms with Crippen LogP contribution in [0.4, 0.5) is 11.4 Å². The van der Waals surface area contributed by atoms with Crippen LogP contribution in [0.2, 0.25) is 0 Å². The summed E-state index contributed by atoms with van der Waals surface area (Å²) in [6.45, 7) is 0.684. The predicted octanol–water partition coefficient (Wildman–Crippen LogP) is 1.63. The summed E-state index contributed by atoms with van der Waals surface area (Å²) in [6.07, 6.45) is 0.494. The van der Waals surface area contributed by atoms with Crippen molar-refractivity contribution < 1.29 is 4.74 Å². The van der Waals surface area contributed by atoms with Gasteiger partial charge in [0.2, 0.25) is 0 Å². The van der Waals surface area contributed by atoms with Crippen LogP contribution in [0, 0.1) is 11.3 Å². The molecule has 15 heavy (non-hydrogen) atoms. The molecule has 0 saturated carbocycles. The van der Waals surface area contributed by atoms with Crippen LogP contribution < -0.4 is 15.4 Å². The molecule has 1 aromatic rings. The van der Waals surface area contributed by atoms with Crippen molar-refractivity contribution in [3.05, 3.63) is 18.2 Å². The molecule has 2 N–H and O–H groups in total. The molecular formula is C11H15N3O. The lowest BCUT2D eigenvalue weighted by atomic mass is 10.2. The first-order valence-electron chi connectivity index (χ1n) is 4.70. The lowest BCUT2D eigenvalue weighted by Gasteiger charge is -2.18. The zero-order valence-electron chi connectivity index (χ0n) is 9.03. The summed E-state index contributed by atoms with van der Waals surface area (Å²) in [5.74, 6) is 0.730. The molecular weight excluding hydrogens is 190 g/mol. The number of hydrogen-bond acceptors (Lipinski definition) is 4. The number of nitrogen functional groups attached to an aromatic ring is 1. The van der Waals surface area contributed by atoms with E-state index in [2.05, 4.69) is 6.07 Å². The molecule has 0 heterocycles. The molecule has 0 aliphatic heterocycles. The van der Waals surface area contributed by atoms with Gasteiger partial charge in [0, 0.05) is 37.1 Å². The number of benzene rings is 1. The average Bonchev–Trinajstić information content (AvgIpc) is 2.24. The van der Waals surface area contributed by atoms with Crippen LogP contribution >= 0.6 is 0 Å². The summed E-state index contributed by atoms with van der Waals surface area (Å²) in [6, 6.07) is 7.63. The average molecular weight is 205 g/mol. The molecule has 0 fully saturated rings. The maximum atomic E-state index is 8.49. The summed E-state index contributed by atoms with van der Waals surface area (Å²) in [5.41, 5.74) is 7.35. The van der Waals surface area contributed by atoms with Gasteiger partial charge in [-0.2, -0.15) is 5.26 Å². The Morgan fingerprint density at radius 1 is 1.47 bits per heavy atom. The molecule has 0 saturated heterocycles. The standard InChI is InChI=1S/C11H15N3O/c1-14(5-3-4-12)10-6-9(13)7-11(8-10)15-2/h6-8H,3,5,13H2,1-2H3. The van der Waals surface area contributed by atoms with E-state index in [1.54, 1.807) is 13.2 Å². The smallest absolute Gasteiger partial charge is 0.122 e. The van der Waals surface area contributed by atoms with Crippen molar-refractivity contribution in [1.29, 1.82) is 5.26 Å². The molecule has 4 nitrogen and oxygen atoms in total. The molecule has 0 bridgehead atoms. The van der Waals surface area contributed by atoms with Gasteiger partial charge in [-0.15, -0.1) is 0 Å². The van der Waals surface area contributed by atoms with Crippen LogP contribution in [0.1, 0.15) is 6.42 Å². The summed E-state index contributed by atoms with van der Waals surface area (Å²) in [4.78, 5) is 1.97. The summed E-state index contributed by atoms with van der Waals surface area (Å²) in [5, 5.41) is 8.49. The molecule has 1 rings (SSSR count). The minimum absolute atomic E-state index is 0.494. The Balaban J connectivity index is 2.84. The van der Waals surface area contributed by atoms with E-state index in [9.17, 15) is 0 Å². The maximum Gasteiger partial charge on any atom is 0.122 e. The Morgan fingerprint density at radius 3 is 2.80 bits per heavy atom. The Kier molecular flexibility index (Phi) is 3.81. The van der Waals surface area contributed by atoms with Gasteiger partial charge in [-0.05, 0) is 6.07 Å². The van der Waals surface area contributed by atoms with Crippen molar-refractivity contribution in [3.63, 3.8) is 0 Å². The summed E-state index contributed by atoms with van der Waals surface area (Å²) < 4.78 is 5.12. The topological polar surface area (TPSA) is 62.3 Å². The van der Waals surface area contributed by atoms with Crippen molar-refractivity contribution in [2.45, 2.75) is 6.42 Å². The molecule has 1 aromatic carbocycles. The van der Waals surface area contributed by atoms with E-state index in [0.29, 0.717) is 18.7 Å². The number of nitrogens with two attached hydrogens (primary N) is 1. The third-order valence-electron chi connectivity index (χ3n) is 2.15. The molecule has 0 radical (unpaired) electrons. The molecule has 0 aliphatic carbocycles. The number of rotatable bonds is 4. The minimum Gasteiger partial charge on any atom is -0.497 e. The van der Waals surface area contributed by atoms with E-state index in [1.807, 2.05) is 24.1 Å². The second-order valence-electron chi connectivity index (χ2n) is 3.29. The van der Waals surface area contributed by atoms with Gasteiger partial charge in [-0.3, -0.25) is 0 Å². The number of hydrogen-bond donors (Lipinski definition) is 1. The lowest BCUT2D eigenvalue weighted by Crippen LogP contribution is -2.18. The lowest BCUT2D eigenvalue weighted by molar-refractivity contribution is 0.415. The number of nitrogens with zero attached hydrogens (tertiary/aromatic N) is 2. The first-order valence-corrected chi connectivity index (χ1v) is 4.70. The number of anilines is 2. The summed E-state index contributed by atoms with van der Waals surface area (Å²) in [7, 11) is 3.53. The second kappa shape index (κ2) is 5.11.